The summed E-state index contributed by atoms with van der Waals surface area (Å²) < 4.78 is 0.638. The van der Waals surface area contributed by atoms with Gasteiger partial charge in [0.05, 0.1) is 10.0 Å². The molecule has 0 aromatic heterocycles. The first kappa shape index (κ1) is 13.6. The van der Waals surface area contributed by atoms with Gasteiger partial charge in [0.25, 0.3) is 5.91 Å². The molecular weight excluding hydrogens is 304 g/mol. The summed E-state index contributed by atoms with van der Waals surface area (Å²) in [6.45, 7) is 2.01. The molecule has 3 nitrogen and oxygen atoms in total. The van der Waals surface area contributed by atoms with Crippen LogP contribution in [0.1, 0.15) is 15.9 Å². The predicted molar refractivity (Wildman–Crippen MR) is 82.5 cm³/mol. The van der Waals surface area contributed by atoms with Crippen LogP contribution >= 0.6 is 15.9 Å². The number of nitrogen functional groups attached to an aromatic ring is 1. The fourth-order valence-electron chi connectivity index (χ4n) is 1.78. The van der Waals surface area contributed by atoms with Gasteiger partial charge in [-0.2, -0.15) is 0 Å². The molecule has 2 N–H and O–H groups in total. The van der Waals surface area contributed by atoms with Gasteiger partial charge < -0.3 is 10.6 Å². The second-order valence-corrected chi connectivity index (χ2v) is 5.20. The molecule has 0 saturated heterocycles. The van der Waals surface area contributed by atoms with E-state index in [1.54, 1.807) is 30.1 Å². The van der Waals surface area contributed by atoms with E-state index in [2.05, 4.69) is 15.9 Å². The molecule has 0 saturated carbocycles. The number of hydrogen-bond acceptors (Lipinski definition) is 2. The van der Waals surface area contributed by atoms with Gasteiger partial charge in [0.2, 0.25) is 0 Å². The van der Waals surface area contributed by atoms with Gasteiger partial charge in [-0.25, -0.2) is 0 Å². The van der Waals surface area contributed by atoms with Crippen molar-refractivity contribution in [1.29, 1.82) is 0 Å². The fraction of sp³-hybridized carbons (Fsp3) is 0.133. The zero-order valence-electron chi connectivity index (χ0n) is 10.9. The summed E-state index contributed by atoms with van der Waals surface area (Å²) in [5.74, 6) is -0.0944. The molecular formula is C15H15BrN2O. The van der Waals surface area contributed by atoms with Crippen molar-refractivity contribution >= 4 is 33.2 Å². The Bertz CT molecular complexity index is 608. The third-order valence-corrected chi connectivity index (χ3v) is 3.87. The average Bonchev–Trinajstić information content (AvgIpc) is 2.41. The molecule has 0 aliphatic heterocycles. The molecule has 2 rings (SSSR count). The third kappa shape index (κ3) is 2.79. The van der Waals surface area contributed by atoms with Crippen LogP contribution in [0.2, 0.25) is 0 Å². The van der Waals surface area contributed by atoms with Crippen LogP contribution in [0.4, 0.5) is 11.4 Å². The summed E-state index contributed by atoms with van der Waals surface area (Å²) in [5.41, 5.74) is 8.93. The lowest BCUT2D eigenvalue weighted by atomic mass is 10.1. The molecule has 0 aliphatic carbocycles. The predicted octanol–water partition coefficient (Wildman–Crippen LogP) is 3.62. The maximum Gasteiger partial charge on any atom is 0.259 e. The molecule has 0 radical (unpaired) electrons. The number of carbonyl (C=O) groups is 1. The Morgan fingerprint density at radius 2 is 1.79 bits per heavy atom. The molecule has 0 aliphatic rings. The lowest BCUT2D eigenvalue weighted by molar-refractivity contribution is 0.0992. The summed E-state index contributed by atoms with van der Waals surface area (Å²) in [5, 5.41) is 0. The van der Waals surface area contributed by atoms with E-state index in [4.69, 9.17) is 5.73 Å². The highest BCUT2D eigenvalue weighted by atomic mass is 79.9. The molecule has 0 unspecified atom stereocenters. The second kappa shape index (κ2) is 5.45. The molecule has 4 heteroatoms. The van der Waals surface area contributed by atoms with Crippen molar-refractivity contribution < 1.29 is 4.79 Å². The summed E-state index contributed by atoms with van der Waals surface area (Å²) in [7, 11) is 1.75. The average molecular weight is 319 g/mol. The number of amides is 1. The highest BCUT2D eigenvalue weighted by molar-refractivity contribution is 9.10. The normalized spacial score (nSPS) is 10.3. The molecule has 1 amide bonds. The summed E-state index contributed by atoms with van der Waals surface area (Å²) in [6.07, 6.45) is 0. The number of carbonyl (C=O) groups excluding carboxylic acids is 1. The molecule has 19 heavy (non-hydrogen) atoms. The van der Waals surface area contributed by atoms with Crippen molar-refractivity contribution in [3.63, 3.8) is 0 Å². The third-order valence-electron chi connectivity index (χ3n) is 2.98. The number of benzene rings is 2. The number of hydrogen-bond donors (Lipinski definition) is 1. The van der Waals surface area contributed by atoms with Crippen LogP contribution in [0.3, 0.4) is 0 Å². The summed E-state index contributed by atoms with van der Waals surface area (Å²) >= 11 is 3.36. The van der Waals surface area contributed by atoms with Crippen molar-refractivity contribution in [3.8, 4) is 0 Å². The number of anilines is 2. The van der Waals surface area contributed by atoms with Gasteiger partial charge in [-0.05, 0) is 47.1 Å². The minimum Gasteiger partial charge on any atom is -0.398 e. The van der Waals surface area contributed by atoms with Gasteiger partial charge in [-0.3, -0.25) is 4.79 Å². The van der Waals surface area contributed by atoms with E-state index in [9.17, 15) is 4.79 Å². The summed E-state index contributed by atoms with van der Waals surface area (Å²) in [6, 6.07) is 13.1. The molecule has 0 spiro atoms. The summed E-state index contributed by atoms with van der Waals surface area (Å²) in [4.78, 5) is 14.1. The number of aryl methyl sites for hydroxylation is 1. The van der Waals surface area contributed by atoms with Crippen LogP contribution in [0.25, 0.3) is 0 Å². The fourth-order valence-corrected chi connectivity index (χ4v) is 2.22. The highest BCUT2D eigenvalue weighted by Crippen LogP contribution is 2.26. The van der Waals surface area contributed by atoms with E-state index in [0.717, 1.165) is 11.3 Å². The smallest absolute Gasteiger partial charge is 0.259 e. The molecule has 0 atom stereocenters. The Morgan fingerprint density at radius 3 is 2.42 bits per heavy atom. The molecule has 0 bridgehead atoms. The van der Waals surface area contributed by atoms with Gasteiger partial charge in [0, 0.05) is 18.4 Å². The first-order chi connectivity index (χ1) is 9.00. The monoisotopic (exact) mass is 318 g/mol. The van der Waals surface area contributed by atoms with Crippen molar-refractivity contribution in [2.45, 2.75) is 6.92 Å². The molecule has 0 fully saturated rings. The van der Waals surface area contributed by atoms with Crippen molar-refractivity contribution in [2.75, 3.05) is 17.7 Å². The Labute approximate surface area is 121 Å². The number of halogens is 1. The Balaban J connectivity index is 2.33. The minimum atomic E-state index is -0.0944. The van der Waals surface area contributed by atoms with Gasteiger partial charge >= 0.3 is 0 Å². The molecule has 98 valence electrons. The van der Waals surface area contributed by atoms with Gasteiger partial charge in [0.1, 0.15) is 0 Å². The first-order valence-electron chi connectivity index (χ1n) is 5.89. The number of nitrogens with zero attached hydrogens (tertiary/aromatic N) is 1. The Morgan fingerprint density at radius 1 is 1.16 bits per heavy atom. The van der Waals surface area contributed by atoms with E-state index < -0.39 is 0 Å². The van der Waals surface area contributed by atoms with E-state index >= 15 is 0 Å². The lowest BCUT2D eigenvalue weighted by Crippen LogP contribution is -2.26. The molecule has 2 aromatic rings. The maximum absolute atomic E-state index is 12.4. The quantitative estimate of drug-likeness (QED) is 0.860. The topological polar surface area (TPSA) is 46.3 Å². The van der Waals surface area contributed by atoms with Crippen LogP contribution in [0.15, 0.2) is 46.9 Å². The van der Waals surface area contributed by atoms with Crippen LogP contribution in [0.5, 0.6) is 0 Å². The highest BCUT2D eigenvalue weighted by Gasteiger charge is 2.17. The number of nitrogens with two attached hydrogens (primary N) is 1. The van der Waals surface area contributed by atoms with Crippen LogP contribution < -0.4 is 10.6 Å². The number of rotatable bonds is 2. The van der Waals surface area contributed by atoms with Crippen LogP contribution in [-0.4, -0.2) is 13.0 Å². The minimum absolute atomic E-state index is 0.0944. The maximum atomic E-state index is 12.4. The zero-order chi connectivity index (χ0) is 14.0. The van der Waals surface area contributed by atoms with Crippen molar-refractivity contribution in [2.24, 2.45) is 0 Å². The standard InChI is InChI=1S/C15H15BrN2O/c1-10-6-8-11(9-7-10)18(2)15(19)12-4-3-5-13(17)14(12)16/h3-9H,17H2,1-2H3. The van der Waals surface area contributed by atoms with Gasteiger partial charge in [0.15, 0.2) is 0 Å². The second-order valence-electron chi connectivity index (χ2n) is 4.41. The Hall–Kier alpha value is -1.81. The molecule has 0 heterocycles. The van der Waals surface area contributed by atoms with E-state index in [-0.39, 0.29) is 5.91 Å². The van der Waals surface area contributed by atoms with E-state index in [0.29, 0.717) is 15.7 Å². The first-order valence-corrected chi connectivity index (χ1v) is 6.68. The molecule has 2 aromatic carbocycles. The van der Waals surface area contributed by atoms with Crippen LogP contribution in [-0.2, 0) is 0 Å². The zero-order valence-corrected chi connectivity index (χ0v) is 12.4. The van der Waals surface area contributed by atoms with Gasteiger partial charge in [-0.15, -0.1) is 0 Å². The van der Waals surface area contributed by atoms with E-state index in [1.165, 1.54) is 0 Å². The van der Waals surface area contributed by atoms with Crippen LogP contribution in [0, 0.1) is 6.92 Å². The SMILES string of the molecule is Cc1ccc(N(C)C(=O)c2cccc(N)c2Br)cc1. The van der Waals surface area contributed by atoms with Gasteiger partial charge in [-0.1, -0.05) is 23.8 Å². The lowest BCUT2D eigenvalue weighted by Gasteiger charge is -2.18. The Kier molecular flexibility index (Phi) is 3.90. The van der Waals surface area contributed by atoms with E-state index in [1.807, 2.05) is 31.2 Å². The van der Waals surface area contributed by atoms with Crippen molar-refractivity contribution in [1.82, 2.24) is 0 Å². The largest absolute Gasteiger partial charge is 0.398 e. The van der Waals surface area contributed by atoms with Crippen molar-refractivity contribution in [3.05, 3.63) is 58.1 Å².